The molecule has 5 nitrogen and oxygen atoms in total. The highest BCUT2D eigenvalue weighted by atomic mass is 19.1. The number of amidine groups is 1. The molecule has 1 fully saturated rings. The number of nitrogens with one attached hydrogen (secondary N) is 3. The Bertz CT molecular complexity index is 935. The molecule has 126 valence electrons. The quantitative estimate of drug-likeness (QED) is 0.748. The number of nitrogens with zero attached hydrogens (tertiary/aromatic N) is 1. The van der Waals surface area contributed by atoms with Gasteiger partial charge in [-0.15, -0.1) is 0 Å². The van der Waals surface area contributed by atoms with Crippen molar-refractivity contribution in [2.75, 3.05) is 16.8 Å². The molecule has 1 saturated heterocycles. The lowest BCUT2D eigenvalue weighted by atomic mass is 10.1. The number of fused-ring (bicyclic) bond motifs is 1. The molecule has 2 aromatic carbocycles. The minimum atomic E-state index is -0.361. The number of aryl methyl sites for hydroxylation is 1. The van der Waals surface area contributed by atoms with E-state index in [9.17, 15) is 9.18 Å². The van der Waals surface area contributed by atoms with Gasteiger partial charge in [0.15, 0.2) is 0 Å². The molecular weight excluding hydrogens is 319 g/mol. The minimum Gasteiger partial charge on any atom is -0.341 e. The molecule has 0 saturated carbocycles. The number of anilines is 2. The van der Waals surface area contributed by atoms with Crippen molar-refractivity contribution in [1.29, 1.82) is 5.41 Å². The van der Waals surface area contributed by atoms with Gasteiger partial charge >= 0.3 is 0 Å². The number of hydrogen-bond donors (Lipinski definition) is 3. The molecule has 3 N–H and O–H groups in total. The van der Waals surface area contributed by atoms with Crippen LogP contribution in [0, 0.1) is 18.2 Å². The molecule has 2 heterocycles. The second kappa shape index (κ2) is 5.73. The molecule has 0 radical (unpaired) electrons. The van der Waals surface area contributed by atoms with Crippen LogP contribution in [-0.2, 0) is 0 Å². The first-order valence-corrected chi connectivity index (χ1v) is 8.08. The van der Waals surface area contributed by atoms with Gasteiger partial charge < -0.3 is 15.5 Å². The maximum Gasteiger partial charge on any atom is 0.258 e. The average molecular weight is 336 g/mol. The monoisotopic (exact) mass is 336 g/mol. The van der Waals surface area contributed by atoms with Crippen molar-refractivity contribution in [1.82, 2.24) is 5.32 Å². The molecule has 6 heteroatoms. The summed E-state index contributed by atoms with van der Waals surface area (Å²) in [7, 11) is 0. The van der Waals surface area contributed by atoms with Crippen LogP contribution in [0.2, 0.25) is 0 Å². The average Bonchev–Trinajstić information content (AvgIpc) is 2.96. The fraction of sp³-hybridized carbons (Fsp3) is 0.158. The van der Waals surface area contributed by atoms with E-state index in [2.05, 4.69) is 10.6 Å². The minimum absolute atomic E-state index is 0.198. The largest absolute Gasteiger partial charge is 0.341 e. The highest BCUT2D eigenvalue weighted by molar-refractivity contribution is 6.12. The van der Waals surface area contributed by atoms with E-state index in [-0.39, 0.29) is 17.6 Å². The van der Waals surface area contributed by atoms with Gasteiger partial charge in [0.1, 0.15) is 17.5 Å². The lowest BCUT2D eigenvalue weighted by Gasteiger charge is -2.24. The number of carbonyl (C=O) groups is 1. The van der Waals surface area contributed by atoms with E-state index < -0.39 is 0 Å². The Morgan fingerprint density at radius 1 is 1.16 bits per heavy atom. The van der Waals surface area contributed by atoms with Crippen molar-refractivity contribution < 1.29 is 9.18 Å². The van der Waals surface area contributed by atoms with Gasteiger partial charge in [-0.25, -0.2) is 4.39 Å². The number of halogens is 1. The number of hydrogen-bond acceptors (Lipinski definition) is 3. The third-order valence-electron chi connectivity index (χ3n) is 4.50. The van der Waals surface area contributed by atoms with Crippen molar-refractivity contribution in [3.05, 3.63) is 70.8 Å². The summed E-state index contributed by atoms with van der Waals surface area (Å²) in [6, 6.07) is 12.0. The Hall–Kier alpha value is -3.15. The predicted octanol–water partition coefficient (Wildman–Crippen LogP) is 3.39. The molecule has 1 amide bonds. The van der Waals surface area contributed by atoms with Gasteiger partial charge in [0.05, 0.1) is 16.9 Å². The zero-order chi connectivity index (χ0) is 17.6. The molecule has 4 rings (SSSR count). The lowest BCUT2D eigenvalue weighted by Crippen LogP contribution is -2.35. The summed E-state index contributed by atoms with van der Waals surface area (Å²) in [6.07, 6.45) is 0.553. The molecule has 2 aromatic rings. The molecule has 0 unspecified atom stereocenters. The first kappa shape index (κ1) is 15.4. The van der Waals surface area contributed by atoms with Crippen LogP contribution in [0.5, 0.6) is 0 Å². The van der Waals surface area contributed by atoms with Crippen LogP contribution in [0.4, 0.5) is 15.8 Å². The second-order valence-corrected chi connectivity index (χ2v) is 6.18. The van der Waals surface area contributed by atoms with Crippen molar-refractivity contribution in [3.8, 4) is 0 Å². The fourth-order valence-electron chi connectivity index (χ4n) is 3.23. The Kier molecular flexibility index (Phi) is 3.53. The van der Waals surface area contributed by atoms with E-state index in [1.165, 1.54) is 6.07 Å². The van der Waals surface area contributed by atoms with Gasteiger partial charge in [0, 0.05) is 12.1 Å². The smallest absolute Gasteiger partial charge is 0.258 e. The Morgan fingerprint density at radius 3 is 2.76 bits per heavy atom. The standard InChI is InChI=1S/C19H17FN4O/c1-11-6-7-12-15(10-11)22-18(23-19(12)25)13-8-9-24(17(13)21)16-5-3-2-4-14(16)20/h2-7,10,21-22H,8-9H2,1H3,(H,23,25). The Balaban J connectivity index is 1.70. The van der Waals surface area contributed by atoms with Crippen molar-refractivity contribution >= 4 is 23.1 Å². The van der Waals surface area contributed by atoms with Gasteiger partial charge in [0.25, 0.3) is 5.91 Å². The van der Waals surface area contributed by atoms with Crippen molar-refractivity contribution in [2.45, 2.75) is 13.3 Å². The molecule has 0 spiro atoms. The number of carbonyl (C=O) groups excluding carboxylic acids is 1. The van der Waals surface area contributed by atoms with Gasteiger partial charge in [-0.1, -0.05) is 18.2 Å². The summed E-state index contributed by atoms with van der Waals surface area (Å²) < 4.78 is 14.0. The molecule has 0 atom stereocenters. The topological polar surface area (TPSA) is 68.2 Å². The molecule has 2 aliphatic heterocycles. The van der Waals surface area contributed by atoms with Gasteiger partial charge in [-0.05, 0) is 43.2 Å². The van der Waals surface area contributed by atoms with Crippen LogP contribution in [-0.4, -0.2) is 18.3 Å². The van der Waals surface area contributed by atoms with Crippen LogP contribution in [0.3, 0.4) is 0 Å². The lowest BCUT2D eigenvalue weighted by molar-refractivity contribution is 0.0963. The fourth-order valence-corrected chi connectivity index (χ4v) is 3.23. The Labute approximate surface area is 144 Å². The van der Waals surface area contributed by atoms with E-state index in [1.54, 1.807) is 29.2 Å². The maximum absolute atomic E-state index is 14.0. The van der Waals surface area contributed by atoms with E-state index in [4.69, 9.17) is 5.41 Å². The maximum atomic E-state index is 14.0. The van der Waals surface area contributed by atoms with E-state index >= 15 is 0 Å². The second-order valence-electron chi connectivity index (χ2n) is 6.18. The summed E-state index contributed by atoms with van der Waals surface area (Å²) >= 11 is 0. The summed E-state index contributed by atoms with van der Waals surface area (Å²) in [6.45, 7) is 2.45. The van der Waals surface area contributed by atoms with Gasteiger partial charge in [-0.3, -0.25) is 10.2 Å². The molecule has 0 aliphatic carbocycles. The molecule has 0 bridgehead atoms. The first-order valence-electron chi connectivity index (χ1n) is 8.08. The number of amides is 1. The summed E-state index contributed by atoms with van der Waals surface area (Å²) in [5.74, 6) is 0.143. The van der Waals surface area contributed by atoms with E-state index in [1.807, 2.05) is 19.1 Å². The Morgan fingerprint density at radius 2 is 1.96 bits per heavy atom. The highest BCUT2D eigenvalue weighted by Gasteiger charge is 2.31. The molecule has 25 heavy (non-hydrogen) atoms. The van der Waals surface area contributed by atoms with Crippen LogP contribution in [0.25, 0.3) is 0 Å². The van der Waals surface area contributed by atoms with Gasteiger partial charge in [0.2, 0.25) is 0 Å². The zero-order valence-electron chi connectivity index (χ0n) is 13.7. The number of benzene rings is 2. The third-order valence-corrected chi connectivity index (χ3v) is 4.50. The zero-order valence-corrected chi connectivity index (χ0v) is 13.7. The van der Waals surface area contributed by atoms with E-state index in [0.29, 0.717) is 35.6 Å². The SMILES string of the molecule is Cc1ccc2c(c1)NC(=C1CCN(c3ccccc3F)C1=N)NC2=O. The third kappa shape index (κ3) is 2.55. The predicted molar refractivity (Wildman–Crippen MR) is 95.4 cm³/mol. The van der Waals surface area contributed by atoms with Crippen LogP contribution < -0.4 is 15.5 Å². The highest BCUT2D eigenvalue weighted by Crippen LogP contribution is 2.31. The van der Waals surface area contributed by atoms with Crippen molar-refractivity contribution in [2.24, 2.45) is 0 Å². The first-order chi connectivity index (χ1) is 12.0. The number of rotatable bonds is 1. The molecule has 0 aromatic heterocycles. The normalized spacial score (nSPS) is 19.5. The van der Waals surface area contributed by atoms with Gasteiger partial charge in [-0.2, -0.15) is 0 Å². The molecular formula is C19H17FN4O. The summed E-state index contributed by atoms with van der Waals surface area (Å²) in [4.78, 5) is 14.0. The van der Waals surface area contributed by atoms with Crippen LogP contribution >= 0.6 is 0 Å². The van der Waals surface area contributed by atoms with Crippen molar-refractivity contribution in [3.63, 3.8) is 0 Å². The molecule has 2 aliphatic rings. The van der Waals surface area contributed by atoms with Crippen LogP contribution in [0.15, 0.2) is 53.9 Å². The van der Waals surface area contributed by atoms with Crippen LogP contribution in [0.1, 0.15) is 22.3 Å². The summed E-state index contributed by atoms with van der Waals surface area (Å²) in [5, 5.41) is 14.5. The van der Waals surface area contributed by atoms with E-state index in [0.717, 1.165) is 11.3 Å². The number of para-hydroxylation sites is 1. The summed E-state index contributed by atoms with van der Waals surface area (Å²) in [5.41, 5.74) is 3.39.